The van der Waals surface area contributed by atoms with E-state index < -0.39 is 5.60 Å². The van der Waals surface area contributed by atoms with Gasteiger partial charge in [0, 0.05) is 31.2 Å². The van der Waals surface area contributed by atoms with Gasteiger partial charge in [0.05, 0.1) is 26.4 Å². The number of morpholine rings is 1. The quantitative estimate of drug-likeness (QED) is 0.776. The van der Waals surface area contributed by atoms with Crippen molar-refractivity contribution in [2.24, 2.45) is 0 Å². The lowest BCUT2D eigenvalue weighted by atomic mass is 9.96. The molecule has 6 heteroatoms. The van der Waals surface area contributed by atoms with Gasteiger partial charge in [-0.15, -0.1) is 0 Å². The van der Waals surface area contributed by atoms with Crippen molar-refractivity contribution in [3.63, 3.8) is 0 Å². The van der Waals surface area contributed by atoms with Crippen LogP contribution in [-0.4, -0.2) is 97.9 Å². The molecule has 0 aromatic heterocycles. The van der Waals surface area contributed by atoms with E-state index in [1.54, 1.807) is 0 Å². The minimum Gasteiger partial charge on any atom is -0.376 e. The zero-order chi connectivity index (χ0) is 20.3. The third-order valence-electron chi connectivity index (χ3n) is 6.81. The molecule has 160 valence electrons. The molecular formula is C23H35N3O3. The smallest absolute Gasteiger partial charge is 0.254 e. The maximum atomic E-state index is 13.2. The molecule has 3 saturated heterocycles. The van der Waals surface area contributed by atoms with Crippen LogP contribution in [0.4, 0.5) is 0 Å². The summed E-state index contributed by atoms with van der Waals surface area (Å²) >= 11 is 0. The van der Waals surface area contributed by atoms with Gasteiger partial charge in [0.25, 0.3) is 5.91 Å². The fraction of sp³-hybridized carbons (Fsp3) is 0.696. The van der Waals surface area contributed by atoms with Crippen LogP contribution in [0, 0.1) is 6.92 Å². The number of carbonyl (C=O) groups is 1. The highest BCUT2D eigenvalue weighted by Crippen LogP contribution is 2.27. The highest BCUT2D eigenvalue weighted by Gasteiger charge is 2.43. The molecule has 1 amide bonds. The van der Waals surface area contributed by atoms with E-state index in [0.717, 1.165) is 30.8 Å². The predicted molar refractivity (Wildman–Crippen MR) is 113 cm³/mol. The van der Waals surface area contributed by atoms with Crippen molar-refractivity contribution in [3.05, 3.63) is 35.4 Å². The number of amides is 1. The standard InChI is InChI=1S/C23H35N3O3/c1-3-24-10-8-20(9-11-24)25-13-15-29-23(16-25)17-26(12-14-28-18-23)22(27)21-7-5-4-6-19(21)2/h4-7,20H,3,8-18H2,1-2H3/t23-/m1/s1. The second kappa shape index (κ2) is 9.13. The van der Waals surface area contributed by atoms with E-state index >= 15 is 0 Å². The average Bonchev–Trinajstić information content (AvgIpc) is 2.96. The van der Waals surface area contributed by atoms with Gasteiger partial charge in [0.2, 0.25) is 0 Å². The number of aryl methyl sites for hydroxylation is 1. The Kier molecular flexibility index (Phi) is 6.54. The maximum absolute atomic E-state index is 13.2. The molecule has 3 fully saturated rings. The molecule has 1 atom stereocenters. The first-order valence-corrected chi connectivity index (χ1v) is 11.1. The van der Waals surface area contributed by atoms with Gasteiger partial charge in [-0.1, -0.05) is 25.1 Å². The Morgan fingerprint density at radius 3 is 2.66 bits per heavy atom. The minimum atomic E-state index is -0.422. The van der Waals surface area contributed by atoms with Crippen molar-refractivity contribution in [3.8, 4) is 0 Å². The average molecular weight is 402 g/mol. The first-order valence-electron chi connectivity index (χ1n) is 11.1. The Bertz CT molecular complexity index is 704. The SMILES string of the molecule is CCN1CCC(N2CCO[C@]3(COCCN(C(=O)c4ccccc4C)C3)C2)CC1. The lowest BCUT2D eigenvalue weighted by Crippen LogP contribution is -2.62. The third kappa shape index (κ3) is 4.66. The lowest BCUT2D eigenvalue weighted by molar-refractivity contribution is -0.149. The molecule has 1 spiro atoms. The number of likely N-dealkylation sites (tertiary alicyclic amines) is 1. The molecule has 4 rings (SSSR count). The van der Waals surface area contributed by atoms with Crippen LogP contribution in [0.15, 0.2) is 24.3 Å². The topological polar surface area (TPSA) is 45.2 Å². The molecule has 3 aliphatic heterocycles. The maximum Gasteiger partial charge on any atom is 0.254 e. The molecule has 1 aromatic carbocycles. The Labute approximate surface area is 174 Å². The molecule has 3 aliphatic rings. The van der Waals surface area contributed by atoms with Gasteiger partial charge in [-0.25, -0.2) is 0 Å². The fourth-order valence-corrected chi connectivity index (χ4v) is 5.03. The van der Waals surface area contributed by atoms with Gasteiger partial charge in [-0.05, 0) is 51.0 Å². The van der Waals surface area contributed by atoms with E-state index in [1.807, 2.05) is 36.1 Å². The number of hydrogen-bond donors (Lipinski definition) is 0. The molecule has 0 bridgehead atoms. The monoisotopic (exact) mass is 401 g/mol. The Hall–Kier alpha value is -1.47. The number of benzene rings is 1. The normalized spacial score (nSPS) is 27.9. The predicted octanol–water partition coefficient (Wildman–Crippen LogP) is 2.02. The van der Waals surface area contributed by atoms with Crippen LogP contribution < -0.4 is 0 Å². The summed E-state index contributed by atoms with van der Waals surface area (Å²) in [7, 11) is 0. The van der Waals surface area contributed by atoms with Crippen LogP contribution in [0.3, 0.4) is 0 Å². The van der Waals surface area contributed by atoms with Crippen molar-refractivity contribution >= 4 is 5.91 Å². The molecular weight excluding hydrogens is 366 g/mol. The van der Waals surface area contributed by atoms with E-state index in [0.29, 0.717) is 39.0 Å². The molecule has 1 aromatic rings. The van der Waals surface area contributed by atoms with Crippen molar-refractivity contribution in [2.45, 2.75) is 38.3 Å². The number of rotatable bonds is 3. The first kappa shape index (κ1) is 20.8. The Morgan fingerprint density at radius 1 is 1.10 bits per heavy atom. The van der Waals surface area contributed by atoms with Gasteiger partial charge in [-0.3, -0.25) is 9.69 Å². The highest BCUT2D eigenvalue weighted by molar-refractivity contribution is 5.95. The van der Waals surface area contributed by atoms with Gasteiger partial charge in [0.15, 0.2) is 0 Å². The van der Waals surface area contributed by atoms with Crippen molar-refractivity contribution < 1.29 is 14.3 Å². The van der Waals surface area contributed by atoms with Crippen LogP contribution in [0.2, 0.25) is 0 Å². The number of nitrogens with zero attached hydrogens (tertiary/aromatic N) is 3. The number of carbonyl (C=O) groups excluding carboxylic acids is 1. The summed E-state index contributed by atoms with van der Waals surface area (Å²) in [6.07, 6.45) is 2.44. The second-order valence-corrected chi connectivity index (χ2v) is 8.76. The van der Waals surface area contributed by atoms with Gasteiger partial charge in [0.1, 0.15) is 5.60 Å². The van der Waals surface area contributed by atoms with Crippen molar-refractivity contribution in [1.82, 2.24) is 14.7 Å². The molecule has 6 nitrogen and oxygen atoms in total. The number of hydrogen-bond acceptors (Lipinski definition) is 5. The molecule has 0 aliphatic carbocycles. The summed E-state index contributed by atoms with van der Waals surface area (Å²) in [6, 6.07) is 8.45. The Balaban J connectivity index is 1.46. The lowest BCUT2D eigenvalue weighted by Gasteiger charge is -2.47. The zero-order valence-electron chi connectivity index (χ0n) is 17.9. The number of piperidine rings is 1. The van der Waals surface area contributed by atoms with E-state index in [9.17, 15) is 4.79 Å². The van der Waals surface area contributed by atoms with E-state index in [-0.39, 0.29) is 5.91 Å². The highest BCUT2D eigenvalue weighted by atomic mass is 16.5. The third-order valence-corrected chi connectivity index (χ3v) is 6.81. The summed E-state index contributed by atoms with van der Waals surface area (Å²) in [6.45, 7) is 12.6. The van der Waals surface area contributed by atoms with Crippen LogP contribution in [0.1, 0.15) is 35.7 Å². The summed E-state index contributed by atoms with van der Waals surface area (Å²) in [5.74, 6) is 0.0879. The van der Waals surface area contributed by atoms with Crippen LogP contribution in [-0.2, 0) is 9.47 Å². The van der Waals surface area contributed by atoms with E-state index in [1.165, 1.54) is 25.9 Å². The number of ether oxygens (including phenoxy) is 2. The van der Waals surface area contributed by atoms with E-state index in [4.69, 9.17) is 9.47 Å². The molecule has 0 saturated carbocycles. The minimum absolute atomic E-state index is 0.0879. The fourth-order valence-electron chi connectivity index (χ4n) is 5.03. The van der Waals surface area contributed by atoms with E-state index in [2.05, 4.69) is 16.7 Å². The second-order valence-electron chi connectivity index (χ2n) is 8.76. The largest absolute Gasteiger partial charge is 0.376 e. The molecule has 0 radical (unpaired) electrons. The van der Waals surface area contributed by atoms with Gasteiger partial charge >= 0.3 is 0 Å². The van der Waals surface area contributed by atoms with Crippen LogP contribution in [0.25, 0.3) is 0 Å². The summed E-state index contributed by atoms with van der Waals surface area (Å²) in [4.78, 5) is 20.3. The molecule has 29 heavy (non-hydrogen) atoms. The summed E-state index contributed by atoms with van der Waals surface area (Å²) in [5.41, 5.74) is 1.38. The summed E-state index contributed by atoms with van der Waals surface area (Å²) in [5, 5.41) is 0. The molecule has 3 heterocycles. The first-order chi connectivity index (χ1) is 14.1. The van der Waals surface area contributed by atoms with Crippen molar-refractivity contribution in [1.29, 1.82) is 0 Å². The van der Waals surface area contributed by atoms with Crippen LogP contribution >= 0.6 is 0 Å². The van der Waals surface area contributed by atoms with Crippen molar-refractivity contribution in [2.75, 3.05) is 65.6 Å². The summed E-state index contributed by atoms with van der Waals surface area (Å²) < 4.78 is 12.3. The van der Waals surface area contributed by atoms with Gasteiger partial charge in [-0.2, -0.15) is 0 Å². The molecule has 0 unspecified atom stereocenters. The zero-order valence-corrected chi connectivity index (χ0v) is 17.9. The van der Waals surface area contributed by atoms with Crippen LogP contribution in [0.5, 0.6) is 0 Å². The molecule has 0 N–H and O–H groups in total. The van der Waals surface area contributed by atoms with Gasteiger partial charge < -0.3 is 19.3 Å². The Morgan fingerprint density at radius 2 is 1.90 bits per heavy atom.